The van der Waals surface area contributed by atoms with Gasteiger partial charge in [0.1, 0.15) is 0 Å². The molecule has 0 saturated carbocycles. The molecule has 1 aromatic carbocycles. The van der Waals surface area contributed by atoms with Crippen LogP contribution < -0.4 is 10.6 Å². The lowest BCUT2D eigenvalue weighted by Crippen LogP contribution is -2.40. The smallest absolute Gasteiger partial charge is 0.319 e. The molecule has 0 aliphatic heterocycles. The van der Waals surface area contributed by atoms with Gasteiger partial charge in [-0.2, -0.15) is 0 Å². The molecule has 2 amide bonds. The number of anilines is 1. The minimum absolute atomic E-state index is 0.222. The summed E-state index contributed by atoms with van der Waals surface area (Å²) >= 11 is 3.34. The standard InChI is InChI=1S/C13H19BrN2O2/c1-13(2,3)11(17)8-15-12(18)16-10-7-5-4-6-9(10)14/h4-7,11,17H,8H2,1-3H3,(H2,15,16,18). The third-order valence-corrected chi connectivity index (χ3v) is 3.27. The maximum Gasteiger partial charge on any atom is 0.319 e. The molecule has 0 bridgehead atoms. The number of aliphatic hydroxyl groups excluding tert-OH is 1. The first kappa shape index (κ1) is 15.0. The Balaban J connectivity index is 2.46. The van der Waals surface area contributed by atoms with Crippen molar-refractivity contribution in [1.82, 2.24) is 5.32 Å². The van der Waals surface area contributed by atoms with Crippen LogP contribution in [0, 0.1) is 5.41 Å². The van der Waals surface area contributed by atoms with E-state index in [1.165, 1.54) is 0 Å². The van der Waals surface area contributed by atoms with Crippen molar-refractivity contribution in [1.29, 1.82) is 0 Å². The number of halogens is 1. The molecule has 0 aliphatic carbocycles. The summed E-state index contributed by atoms with van der Waals surface area (Å²) in [5.74, 6) is 0. The molecule has 0 fully saturated rings. The molecule has 3 N–H and O–H groups in total. The van der Waals surface area contributed by atoms with Crippen molar-refractivity contribution in [3.8, 4) is 0 Å². The van der Waals surface area contributed by atoms with Crippen molar-refractivity contribution in [3.63, 3.8) is 0 Å². The molecule has 0 saturated heterocycles. The van der Waals surface area contributed by atoms with Crippen LogP contribution in [0.1, 0.15) is 20.8 Å². The molecule has 1 aromatic rings. The molecule has 1 rings (SSSR count). The summed E-state index contributed by atoms with van der Waals surface area (Å²) in [6, 6.07) is 7.02. The monoisotopic (exact) mass is 314 g/mol. The summed E-state index contributed by atoms with van der Waals surface area (Å²) in [7, 11) is 0. The van der Waals surface area contributed by atoms with Crippen LogP contribution in [0.25, 0.3) is 0 Å². The van der Waals surface area contributed by atoms with Gasteiger partial charge in [-0.3, -0.25) is 0 Å². The van der Waals surface area contributed by atoms with Crippen molar-refractivity contribution < 1.29 is 9.90 Å². The quantitative estimate of drug-likeness (QED) is 0.803. The molecule has 100 valence electrons. The van der Waals surface area contributed by atoms with Crippen LogP contribution in [0.4, 0.5) is 10.5 Å². The molecule has 18 heavy (non-hydrogen) atoms. The number of urea groups is 1. The fourth-order valence-corrected chi connectivity index (χ4v) is 1.61. The fourth-order valence-electron chi connectivity index (χ4n) is 1.22. The van der Waals surface area contributed by atoms with E-state index in [0.29, 0.717) is 5.69 Å². The van der Waals surface area contributed by atoms with Crippen LogP contribution >= 0.6 is 15.9 Å². The van der Waals surface area contributed by atoms with E-state index in [1.54, 1.807) is 6.07 Å². The first-order valence-electron chi connectivity index (χ1n) is 5.78. The summed E-state index contributed by atoms with van der Waals surface area (Å²) in [5, 5.41) is 15.2. The van der Waals surface area contributed by atoms with Gasteiger partial charge >= 0.3 is 6.03 Å². The van der Waals surface area contributed by atoms with Crippen LogP contribution in [0.2, 0.25) is 0 Å². The SMILES string of the molecule is CC(C)(C)C(O)CNC(=O)Nc1ccccc1Br. The number of nitrogens with one attached hydrogen (secondary N) is 2. The number of para-hydroxylation sites is 1. The molecule has 5 heteroatoms. The molecule has 0 heterocycles. The van der Waals surface area contributed by atoms with Crippen molar-refractivity contribution >= 4 is 27.6 Å². The number of benzene rings is 1. The van der Waals surface area contributed by atoms with E-state index in [0.717, 1.165) is 4.47 Å². The van der Waals surface area contributed by atoms with E-state index in [-0.39, 0.29) is 18.0 Å². The average Bonchev–Trinajstić information content (AvgIpc) is 2.27. The Morgan fingerprint density at radius 1 is 1.39 bits per heavy atom. The van der Waals surface area contributed by atoms with Gasteiger partial charge in [-0.1, -0.05) is 32.9 Å². The maximum atomic E-state index is 11.6. The number of carbonyl (C=O) groups is 1. The van der Waals surface area contributed by atoms with Crippen molar-refractivity contribution in [2.24, 2.45) is 5.41 Å². The second-order valence-corrected chi connectivity index (χ2v) is 6.05. The number of rotatable bonds is 3. The van der Waals surface area contributed by atoms with Gasteiger partial charge in [-0.25, -0.2) is 4.79 Å². The van der Waals surface area contributed by atoms with Gasteiger partial charge in [0.15, 0.2) is 0 Å². The highest BCUT2D eigenvalue weighted by molar-refractivity contribution is 9.10. The molecule has 0 aromatic heterocycles. The lowest BCUT2D eigenvalue weighted by Gasteiger charge is -2.25. The van der Waals surface area contributed by atoms with E-state index in [4.69, 9.17) is 0 Å². The topological polar surface area (TPSA) is 61.4 Å². The van der Waals surface area contributed by atoms with E-state index < -0.39 is 6.10 Å². The lowest BCUT2D eigenvalue weighted by atomic mass is 9.89. The Labute approximate surface area is 116 Å². The molecule has 1 atom stereocenters. The van der Waals surface area contributed by atoms with Gasteiger partial charge in [0.05, 0.1) is 11.8 Å². The largest absolute Gasteiger partial charge is 0.391 e. The minimum atomic E-state index is -0.581. The Morgan fingerprint density at radius 3 is 2.56 bits per heavy atom. The number of amides is 2. The highest BCUT2D eigenvalue weighted by atomic mass is 79.9. The predicted molar refractivity (Wildman–Crippen MR) is 76.6 cm³/mol. The Hall–Kier alpha value is -1.07. The van der Waals surface area contributed by atoms with E-state index in [2.05, 4.69) is 26.6 Å². The summed E-state index contributed by atoms with van der Waals surface area (Å²) in [6.07, 6.45) is -0.581. The Bertz CT molecular complexity index is 416. The fraction of sp³-hybridized carbons (Fsp3) is 0.462. The molecule has 1 unspecified atom stereocenters. The van der Waals surface area contributed by atoms with Crippen LogP contribution in [0.5, 0.6) is 0 Å². The normalized spacial score (nSPS) is 12.9. The van der Waals surface area contributed by atoms with Crippen molar-refractivity contribution in [3.05, 3.63) is 28.7 Å². The van der Waals surface area contributed by atoms with Gasteiger partial charge in [-0.15, -0.1) is 0 Å². The zero-order valence-corrected chi connectivity index (χ0v) is 12.4. The lowest BCUT2D eigenvalue weighted by molar-refractivity contribution is 0.0654. The first-order chi connectivity index (χ1) is 8.30. The molecular formula is C13H19BrN2O2. The molecular weight excluding hydrogens is 296 g/mol. The van der Waals surface area contributed by atoms with Gasteiger partial charge in [-0.05, 0) is 33.5 Å². The van der Waals surface area contributed by atoms with Gasteiger partial charge in [0.2, 0.25) is 0 Å². The number of hydrogen-bond donors (Lipinski definition) is 3. The molecule has 0 spiro atoms. The third kappa shape index (κ3) is 4.66. The third-order valence-electron chi connectivity index (χ3n) is 2.58. The van der Waals surface area contributed by atoms with Crippen LogP contribution in [0.3, 0.4) is 0 Å². The van der Waals surface area contributed by atoms with Crippen molar-refractivity contribution in [2.45, 2.75) is 26.9 Å². The Morgan fingerprint density at radius 2 is 2.00 bits per heavy atom. The second kappa shape index (κ2) is 6.20. The second-order valence-electron chi connectivity index (χ2n) is 5.20. The van der Waals surface area contributed by atoms with E-state index >= 15 is 0 Å². The van der Waals surface area contributed by atoms with Crippen LogP contribution in [-0.2, 0) is 0 Å². The molecule has 0 aliphatic rings. The highest BCUT2D eigenvalue weighted by Crippen LogP contribution is 2.21. The first-order valence-corrected chi connectivity index (χ1v) is 6.57. The highest BCUT2D eigenvalue weighted by Gasteiger charge is 2.22. The number of aliphatic hydroxyl groups is 1. The van der Waals surface area contributed by atoms with Gasteiger partial charge < -0.3 is 15.7 Å². The molecule has 4 nitrogen and oxygen atoms in total. The zero-order valence-electron chi connectivity index (χ0n) is 10.8. The number of carbonyl (C=O) groups excluding carboxylic acids is 1. The summed E-state index contributed by atoms with van der Waals surface area (Å²) in [4.78, 5) is 11.6. The van der Waals surface area contributed by atoms with E-state index in [1.807, 2.05) is 39.0 Å². The zero-order chi connectivity index (χ0) is 13.8. The summed E-state index contributed by atoms with van der Waals surface area (Å²) < 4.78 is 0.816. The van der Waals surface area contributed by atoms with Gasteiger partial charge in [0, 0.05) is 11.0 Å². The Kier molecular flexibility index (Phi) is 5.16. The van der Waals surface area contributed by atoms with Crippen LogP contribution in [-0.4, -0.2) is 23.8 Å². The molecule has 0 radical (unpaired) electrons. The summed E-state index contributed by atoms with van der Waals surface area (Å²) in [6.45, 7) is 5.99. The van der Waals surface area contributed by atoms with Gasteiger partial charge in [0.25, 0.3) is 0 Å². The number of hydrogen-bond acceptors (Lipinski definition) is 2. The predicted octanol–water partition coefficient (Wildman–Crippen LogP) is 2.98. The minimum Gasteiger partial charge on any atom is -0.391 e. The van der Waals surface area contributed by atoms with Crippen LogP contribution in [0.15, 0.2) is 28.7 Å². The summed E-state index contributed by atoms with van der Waals surface area (Å²) in [5.41, 5.74) is 0.445. The van der Waals surface area contributed by atoms with E-state index in [9.17, 15) is 9.90 Å². The average molecular weight is 315 g/mol. The maximum absolute atomic E-state index is 11.6. The van der Waals surface area contributed by atoms with Crippen molar-refractivity contribution in [2.75, 3.05) is 11.9 Å².